The molecule has 0 saturated heterocycles. The Hall–Kier alpha value is -0.290. The Morgan fingerprint density at radius 3 is 2.19 bits per heavy atom. The number of aliphatic hydroxyl groups excluding tert-OH is 1. The van der Waals surface area contributed by atoms with E-state index < -0.39 is 15.9 Å². The Morgan fingerprint density at radius 2 is 1.75 bits per heavy atom. The molecule has 0 aromatic heterocycles. The maximum absolute atomic E-state index is 10.9. The Labute approximate surface area is 105 Å². The van der Waals surface area contributed by atoms with Crippen LogP contribution in [0.5, 0.6) is 0 Å². The van der Waals surface area contributed by atoms with Gasteiger partial charge in [-0.25, -0.2) is 8.42 Å². The van der Waals surface area contributed by atoms with Crippen molar-refractivity contribution in [3.05, 3.63) is 33.8 Å². The Morgan fingerprint density at radius 1 is 1.25 bits per heavy atom. The summed E-state index contributed by atoms with van der Waals surface area (Å²) in [5.74, 6) is -0.0711. The van der Waals surface area contributed by atoms with Gasteiger partial charge in [0.2, 0.25) is 0 Å². The molecule has 0 fully saturated rings. The molecule has 0 radical (unpaired) electrons. The highest BCUT2D eigenvalue weighted by molar-refractivity contribution is 7.90. The quantitative estimate of drug-likeness (QED) is 0.923. The predicted molar refractivity (Wildman–Crippen MR) is 65.7 cm³/mol. The van der Waals surface area contributed by atoms with Gasteiger partial charge in [-0.1, -0.05) is 23.2 Å². The first-order chi connectivity index (χ1) is 7.28. The summed E-state index contributed by atoms with van der Waals surface area (Å²) in [6.07, 6.45) is 0.395. The number of hydrogen-bond donors (Lipinski definition) is 1. The maximum atomic E-state index is 10.9. The monoisotopic (exact) mass is 282 g/mol. The fourth-order valence-corrected chi connectivity index (χ4v) is 2.45. The van der Waals surface area contributed by atoms with Crippen LogP contribution in [0.2, 0.25) is 10.0 Å². The summed E-state index contributed by atoms with van der Waals surface area (Å²) in [5, 5.41) is 10.6. The van der Waals surface area contributed by atoms with Crippen molar-refractivity contribution in [2.45, 2.75) is 12.5 Å². The number of sulfone groups is 1. The van der Waals surface area contributed by atoms with Crippen molar-refractivity contribution in [1.29, 1.82) is 0 Å². The standard InChI is InChI=1S/C10H12Cl2O3S/c1-16(14,15)3-2-10(13)7-4-8(11)6-9(12)5-7/h4-6,10,13H,2-3H2,1H3. The van der Waals surface area contributed by atoms with Gasteiger partial charge in [-0.2, -0.15) is 0 Å². The third-order valence-electron chi connectivity index (χ3n) is 2.03. The smallest absolute Gasteiger partial charge is 0.147 e. The molecule has 0 heterocycles. The lowest BCUT2D eigenvalue weighted by molar-refractivity contribution is 0.174. The largest absolute Gasteiger partial charge is 0.388 e. The van der Waals surface area contributed by atoms with Crippen molar-refractivity contribution in [3.63, 3.8) is 0 Å². The molecule has 0 amide bonds. The van der Waals surface area contributed by atoms with E-state index in [0.29, 0.717) is 15.6 Å². The first-order valence-corrected chi connectivity index (χ1v) is 7.41. The molecule has 1 aromatic rings. The molecular weight excluding hydrogens is 271 g/mol. The second kappa shape index (κ2) is 5.36. The number of aliphatic hydroxyl groups is 1. The van der Waals surface area contributed by atoms with E-state index in [2.05, 4.69) is 0 Å². The van der Waals surface area contributed by atoms with Crippen LogP contribution in [0.15, 0.2) is 18.2 Å². The normalized spacial score (nSPS) is 13.8. The van der Waals surface area contributed by atoms with Crippen LogP contribution in [0.1, 0.15) is 18.1 Å². The molecule has 0 bridgehead atoms. The molecular formula is C10H12Cl2O3S. The summed E-state index contributed by atoms with van der Waals surface area (Å²) in [6.45, 7) is 0. The second-order valence-electron chi connectivity index (χ2n) is 3.64. The van der Waals surface area contributed by atoms with Crippen LogP contribution in [-0.4, -0.2) is 25.5 Å². The van der Waals surface area contributed by atoms with Crippen LogP contribution in [0.4, 0.5) is 0 Å². The number of halogens is 2. The topological polar surface area (TPSA) is 54.4 Å². The van der Waals surface area contributed by atoms with Crippen LogP contribution >= 0.6 is 23.2 Å². The minimum atomic E-state index is -3.07. The summed E-state index contributed by atoms with van der Waals surface area (Å²) >= 11 is 11.5. The van der Waals surface area contributed by atoms with E-state index in [0.717, 1.165) is 6.26 Å². The van der Waals surface area contributed by atoms with Crippen molar-refractivity contribution < 1.29 is 13.5 Å². The van der Waals surface area contributed by atoms with Crippen molar-refractivity contribution in [2.75, 3.05) is 12.0 Å². The molecule has 6 heteroatoms. The molecule has 1 rings (SSSR count). The lowest BCUT2D eigenvalue weighted by Gasteiger charge is -2.11. The molecule has 16 heavy (non-hydrogen) atoms. The minimum Gasteiger partial charge on any atom is -0.388 e. The predicted octanol–water partition coefficient (Wildman–Crippen LogP) is 2.46. The van der Waals surface area contributed by atoms with Crippen LogP contribution < -0.4 is 0 Å². The van der Waals surface area contributed by atoms with Gasteiger partial charge in [-0.15, -0.1) is 0 Å². The highest BCUT2D eigenvalue weighted by atomic mass is 35.5. The zero-order valence-corrected chi connectivity index (χ0v) is 11.0. The molecule has 1 unspecified atom stereocenters. The van der Waals surface area contributed by atoms with E-state index in [-0.39, 0.29) is 12.2 Å². The van der Waals surface area contributed by atoms with Crippen molar-refractivity contribution in [1.82, 2.24) is 0 Å². The van der Waals surface area contributed by atoms with E-state index in [4.69, 9.17) is 23.2 Å². The molecule has 0 aliphatic carbocycles. The summed E-state index contributed by atoms with van der Waals surface area (Å²) < 4.78 is 21.9. The van der Waals surface area contributed by atoms with Gasteiger partial charge in [0.15, 0.2) is 0 Å². The molecule has 90 valence electrons. The van der Waals surface area contributed by atoms with E-state index in [9.17, 15) is 13.5 Å². The first-order valence-electron chi connectivity index (χ1n) is 4.60. The average Bonchev–Trinajstić information content (AvgIpc) is 2.11. The maximum Gasteiger partial charge on any atom is 0.147 e. The lowest BCUT2D eigenvalue weighted by Crippen LogP contribution is -2.08. The molecule has 0 saturated carbocycles. The van der Waals surface area contributed by atoms with Gasteiger partial charge in [0.05, 0.1) is 11.9 Å². The molecule has 0 spiro atoms. The Kier molecular flexibility index (Phi) is 4.62. The van der Waals surface area contributed by atoms with Crippen molar-refractivity contribution >= 4 is 33.0 Å². The van der Waals surface area contributed by atoms with Crippen molar-refractivity contribution in [2.24, 2.45) is 0 Å². The van der Waals surface area contributed by atoms with Gasteiger partial charge in [0.1, 0.15) is 9.84 Å². The summed E-state index contributed by atoms with van der Waals surface area (Å²) in [6, 6.07) is 4.69. The zero-order chi connectivity index (χ0) is 12.3. The summed E-state index contributed by atoms with van der Waals surface area (Å²) in [7, 11) is -3.07. The number of rotatable bonds is 4. The van der Waals surface area contributed by atoms with Gasteiger partial charge >= 0.3 is 0 Å². The van der Waals surface area contributed by atoms with Gasteiger partial charge < -0.3 is 5.11 Å². The molecule has 3 nitrogen and oxygen atoms in total. The molecule has 1 N–H and O–H groups in total. The van der Waals surface area contributed by atoms with E-state index >= 15 is 0 Å². The fourth-order valence-electron chi connectivity index (χ4n) is 1.26. The van der Waals surface area contributed by atoms with E-state index in [1.54, 1.807) is 18.2 Å². The van der Waals surface area contributed by atoms with Crippen LogP contribution in [0.25, 0.3) is 0 Å². The zero-order valence-electron chi connectivity index (χ0n) is 8.65. The SMILES string of the molecule is CS(=O)(=O)CCC(O)c1cc(Cl)cc(Cl)c1. The van der Waals surface area contributed by atoms with E-state index in [1.165, 1.54) is 0 Å². The Balaban J connectivity index is 2.76. The number of benzene rings is 1. The van der Waals surface area contributed by atoms with Gasteiger partial charge in [-0.05, 0) is 30.2 Å². The molecule has 0 aliphatic rings. The van der Waals surface area contributed by atoms with E-state index in [1.807, 2.05) is 0 Å². The number of hydrogen-bond acceptors (Lipinski definition) is 3. The third kappa shape index (κ3) is 4.70. The second-order valence-corrected chi connectivity index (χ2v) is 6.77. The summed E-state index contributed by atoms with van der Waals surface area (Å²) in [5.41, 5.74) is 0.529. The molecule has 1 aromatic carbocycles. The third-order valence-corrected chi connectivity index (χ3v) is 3.45. The summed E-state index contributed by atoms with van der Waals surface area (Å²) in [4.78, 5) is 0. The van der Waals surface area contributed by atoms with Gasteiger partial charge in [0.25, 0.3) is 0 Å². The highest BCUT2D eigenvalue weighted by Gasteiger charge is 2.12. The fraction of sp³-hybridized carbons (Fsp3) is 0.400. The lowest BCUT2D eigenvalue weighted by atomic mass is 10.1. The average molecular weight is 283 g/mol. The highest BCUT2D eigenvalue weighted by Crippen LogP contribution is 2.25. The molecule has 0 aliphatic heterocycles. The first kappa shape index (κ1) is 13.8. The van der Waals surface area contributed by atoms with Gasteiger partial charge in [0, 0.05) is 16.3 Å². The Bertz CT molecular complexity index is 451. The van der Waals surface area contributed by atoms with Crippen LogP contribution in [0.3, 0.4) is 0 Å². The van der Waals surface area contributed by atoms with Crippen LogP contribution in [-0.2, 0) is 9.84 Å². The van der Waals surface area contributed by atoms with Gasteiger partial charge in [-0.3, -0.25) is 0 Å². The van der Waals surface area contributed by atoms with Crippen molar-refractivity contribution in [3.8, 4) is 0 Å². The van der Waals surface area contributed by atoms with Crippen LogP contribution in [0, 0.1) is 0 Å². The minimum absolute atomic E-state index is 0.0711. The molecule has 1 atom stereocenters.